The first kappa shape index (κ1) is 25.0. The Morgan fingerprint density at radius 3 is 2.79 bits per heavy atom. The molecule has 196 valence electrons. The predicted molar refractivity (Wildman–Crippen MR) is 140 cm³/mol. The van der Waals surface area contributed by atoms with Crippen LogP contribution in [0.1, 0.15) is 50.7 Å². The van der Waals surface area contributed by atoms with Crippen molar-refractivity contribution in [2.75, 3.05) is 6.54 Å². The number of aryl methyl sites for hydroxylation is 1. The Hall–Kier alpha value is -3.31. The Kier molecular flexibility index (Phi) is 6.22. The fourth-order valence-electron chi connectivity index (χ4n) is 5.76. The molecule has 0 spiro atoms. The van der Waals surface area contributed by atoms with E-state index >= 15 is 0 Å². The first-order valence-corrected chi connectivity index (χ1v) is 14.0. The van der Waals surface area contributed by atoms with Crippen LogP contribution in [-0.4, -0.2) is 45.3 Å². The zero-order valence-electron chi connectivity index (χ0n) is 20.3. The molecular weight excluding hydrogens is 533 g/mol. The molecule has 1 saturated heterocycles. The number of aromatic nitrogens is 2. The van der Waals surface area contributed by atoms with Crippen LogP contribution < -0.4 is 5.32 Å². The van der Waals surface area contributed by atoms with Crippen LogP contribution in [0.4, 0.5) is 13.2 Å². The van der Waals surface area contributed by atoms with Gasteiger partial charge in [-0.25, -0.2) is 9.97 Å². The molecule has 0 radical (unpaired) electrons. The Labute approximate surface area is 224 Å². The summed E-state index contributed by atoms with van der Waals surface area (Å²) < 4.78 is 40.9. The highest BCUT2D eigenvalue weighted by atomic mass is 32.1. The zero-order chi connectivity index (χ0) is 26.6. The summed E-state index contributed by atoms with van der Waals surface area (Å²) in [6, 6.07) is 10.2. The van der Waals surface area contributed by atoms with Crippen LogP contribution in [0.25, 0.3) is 20.7 Å². The molecule has 1 saturated carbocycles. The number of nitrogens with zero attached hydrogens (tertiary/aromatic N) is 3. The summed E-state index contributed by atoms with van der Waals surface area (Å²) >= 11 is 2.62. The number of piperidine rings is 1. The van der Waals surface area contributed by atoms with E-state index in [1.165, 1.54) is 28.7 Å². The third-order valence-electron chi connectivity index (χ3n) is 7.44. The number of fused-ring (bicyclic) bond motifs is 3. The van der Waals surface area contributed by atoms with Gasteiger partial charge in [-0.05, 0) is 61.9 Å². The average Bonchev–Trinajstić information content (AvgIpc) is 3.69. The number of hydrogen-bond donors (Lipinski definition) is 1. The second-order valence-corrected chi connectivity index (χ2v) is 11.8. The lowest BCUT2D eigenvalue weighted by molar-refractivity contribution is -0.137. The quantitative estimate of drug-likeness (QED) is 0.319. The molecule has 2 bridgehead atoms. The molecule has 1 N–H and O–H groups in total. The number of amides is 2. The molecule has 2 amide bonds. The molecule has 3 heterocycles. The van der Waals surface area contributed by atoms with Crippen LogP contribution >= 0.6 is 22.7 Å². The van der Waals surface area contributed by atoms with Crippen LogP contribution in [0.5, 0.6) is 0 Å². The molecule has 2 aliphatic rings. The largest absolute Gasteiger partial charge is 0.416 e. The Balaban J connectivity index is 1.27. The van der Waals surface area contributed by atoms with Crippen molar-refractivity contribution >= 4 is 44.7 Å². The lowest BCUT2D eigenvalue weighted by Gasteiger charge is -2.35. The second kappa shape index (κ2) is 9.46. The summed E-state index contributed by atoms with van der Waals surface area (Å²) in [6.45, 7) is 2.04. The van der Waals surface area contributed by atoms with Crippen LogP contribution in [0, 0.1) is 12.8 Å². The molecule has 4 aromatic rings. The third kappa shape index (κ3) is 4.37. The monoisotopic (exact) mass is 556 g/mol. The molecule has 38 heavy (non-hydrogen) atoms. The van der Waals surface area contributed by atoms with E-state index in [0.29, 0.717) is 27.6 Å². The van der Waals surface area contributed by atoms with Gasteiger partial charge in [0.1, 0.15) is 5.69 Å². The number of carbonyl (C=O) groups excluding carboxylic acids is 2. The summed E-state index contributed by atoms with van der Waals surface area (Å²) in [4.78, 5) is 38.0. The summed E-state index contributed by atoms with van der Waals surface area (Å²) in [5.74, 6) is -0.262. The molecule has 2 aromatic carbocycles. The van der Waals surface area contributed by atoms with Gasteiger partial charge in [-0.15, -0.1) is 22.7 Å². The maximum Gasteiger partial charge on any atom is 0.416 e. The molecule has 0 unspecified atom stereocenters. The Morgan fingerprint density at radius 1 is 1.16 bits per heavy atom. The number of hydrogen-bond acceptors (Lipinski definition) is 6. The van der Waals surface area contributed by atoms with Gasteiger partial charge >= 0.3 is 6.18 Å². The highest BCUT2D eigenvalue weighted by Gasteiger charge is 2.49. The average molecular weight is 557 g/mol. The number of rotatable bonds is 5. The minimum absolute atomic E-state index is 0.0238. The number of alkyl halides is 3. The van der Waals surface area contributed by atoms with Crippen molar-refractivity contribution in [1.29, 1.82) is 0 Å². The third-order valence-corrected chi connectivity index (χ3v) is 9.33. The molecule has 11 heteroatoms. The number of thiazole rings is 2. The van der Waals surface area contributed by atoms with Gasteiger partial charge in [0.05, 0.1) is 42.8 Å². The van der Waals surface area contributed by atoms with Crippen LogP contribution in [0.2, 0.25) is 0 Å². The van der Waals surface area contributed by atoms with Gasteiger partial charge in [0.25, 0.3) is 11.8 Å². The molecule has 3 atom stereocenters. The van der Waals surface area contributed by atoms with Gasteiger partial charge in [0.2, 0.25) is 0 Å². The summed E-state index contributed by atoms with van der Waals surface area (Å²) in [5.41, 5.74) is 2.74. The van der Waals surface area contributed by atoms with E-state index in [4.69, 9.17) is 0 Å². The van der Waals surface area contributed by atoms with Crippen LogP contribution in [-0.2, 0) is 6.18 Å². The lowest BCUT2D eigenvalue weighted by atomic mass is 9.97. The van der Waals surface area contributed by atoms with E-state index in [2.05, 4.69) is 15.3 Å². The Morgan fingerprint density at radius 2 is 1.97 bits per heavy atom. The number of likely N-dealkylation sites (tertiary alicyclic amines) is 1. The molecule has 1 aliphatic heterocycles. The molecular formula is C27H23F3N4O2S2. The SMILES string of the molecule is Cc1nc(C(=O)N2[C@@H]3CC[C@@H](C3)[C@@H]2CNC(=O)c2cccc3ncsc23)c(-c2cccc(C(F)(F)F)c2)s1. The summed E-state index contributed by atoms with van der Waals surface area (Å²) in [5, 5.41) is 3.63. The van der Waals surface area contributed by atoms with E-state index in [0.717, 1.165) is 41.6 Å². The standard InChI is InChI=1S/C27H23F3N4O2S2/c1-14-33-22(23(38-14)16-4-2-5-17(10-16)27(28,29)30)26(36)34-18-9-8-15(11-18)21(34)12-31-25(35)19-6-3-7-20-24(19)37-13-32-20/h2-7,10,13,15,18,21H,8-9,11-12H2,1H3,(H,31,35)/t15-,18+,21-/m0/s1. The van der Waals surface area contributed by atoms with Crippen molar-refractivity contribution in [1.82, 2.24) is 20.2 Å². The van der Waals surface area contributed by atoms with E-state index < -0.39 is 11.7 Å². The van der Waals surface area contributed by atoms with Crippen molar-refractivity contribution in [2.45, 2.75) is 44.4 Å². The van der Waals surface area contributed by atoms with Crippen LogP contribution in [0.3, 0.4) is 0 Å². The number of carbonyl (C=O) groups is 2. The predicted octanol–water partition coefficient (Wildman–Crippen LogP) is 6.17. The first-order valence-electron chi connectivity index (χ1n) is 12.3. The van der Waals surface area contributed by atoms with E-state index in [-0.39, 0.29) is 35.5 Å². The van der Waals surface area contributed by atoms with Crippen molar-refractivity contribution in [3.63, 3.8) is 0 Å². The molecule has 2 aromatic heterocycles. The minimum atomic E-state index is -4.49. The van der Waals surface area contributed by atoms with Gasteiger partial charge in [-0.1, -0.05) is 18.2 Å². The van der Waals surface area contributed by atoms with Gasteiger partial charge in [0, 0.05) is 12.6 Å². The van der Waals surface area contributed by atoms with E-state index in [9.17, 15) is 22.8 Å². The van der Waals surface area contributed by atoms with Crippen molar-refractivity contribution in [2.24, 2.45) is 5.92 Å². The normalized spacial score (nSPS) is 20.8. The number of benzene rings is 2. The van der Waals surface area contributed by atoms with E-state index in [1.54, 1.807) is 30.6 Å². The smallest absolute Gasteiger partial charge is 0.350 e. The van der Waals surface area contributed by atoms with Gasteiger partial charge < -0.3 is 10.2 Å². The molecule has 2 fully saturated rings. The van der Waals surface area contributed by atoms with Crippen LogP contribution in [0.15, 0.2) is 48.0 Å². The maximum absolute atomic E-state index is 13.9. The second-order valence-electron chi connectivity index (χ2n) is 9.71. The van der Waals surface area contributed by atoms with Crippen molar-refractivity contribution in [3.05, 3.63) is 69.8 Å². The highest BCUT2D eigenvalue weighted by molar-refractivity contribution is 7.17. The van der Waals surface area contributed by atoms with Crippen molar-refractivity contribution < 1.29 is 22.8 Å². The van der Waals surface area contributed by atoms with Crippen molar-refractivity contribution in [3.8, 4) is 10.4 Å². The summed E-state index contributed by atoms with van der Waals surface area (Å²) in [6.07, 6.45) is -1.81. The van der Waals surface area contributed by atoms with E-state index in [1.807, 2.05) is 11.0 Å². The lowest BCUT2D eigenvalue weighted by Crippen LogP contribution is -2.50. The van der Waals surface area contributed by atoms with Gasteiger partial charge in [-0.2, -0.15) is 13.2 Å². The summed E-state index contributed by atoms with van der Waals surface area (Å²) in [7, 11) is 0. The molecule has 6 nitrogen and oxygen atoms in total. The minimum Gasteiger partial charge on any atom is -0.350 e. The molecule has 1 aliphatic carbocycles. The molecule has 6 rings (SSSR count). The van der Waals surface area contributed by atoms with Gasteiger partial charge in [0.15, 0.2) is 0 Å². The fourth-order valence-corrected chi connectivity index (χ4v) is 7.46. The highest BCUT2D eigenvalue weighted by Crippen LogP contribution is 2.44. The Bertz CT molecular complexity index is 1550. The number of nitrogens with one attached hydrogen (secondary N) is 1. The first-order chi connectivity index (χ1) is 18.2. The maximum atomic E-state index is 13.9. The van der Waals surface area contributed by atoms with Gasteiger partial charge in [-0.3, -0.25) is 9.59 Å². The fraction of sp³-hybridized carbons (Fsp3) is 0.333. The number of halogens is 3. The zero-order valence-corrected chi connectivity index (χ0v) is 21.9. The topological polar surface area (TPSA) is 75.2 Å².